The van der Waals surface area contributed by atoms with Crippen LogP contribution in [0, 0.1) is 6.92 Å². The van der Waals surface area contributed by atoms with Crippen molar-refractivity contribution in [2.45, 2.75) is 11.1 Å². The summed E-state index contributed by atoms with van der Waals surface area (Å²) in [6.07, 6.45) is 0. The van der Waals surface area contributed by atoms with Gasteiger partial charge >= 0.3 is 0 Å². The second-order valence-corrected chi connectivity index (χ2v) is 10.3. The van der Waals surface area contributed by atoms with Crippen LogP contribution in [0.4, 0.5) is 5.69 Å². The van der Waals surface area contributed by atoms with Crippen molar-refractivity contribution in [3.63, 3.8) is 0 Å². The van der Waals surface area contributed by atoms with Crippen LogP contribution in [0.3, 0.4) is 0 Å². The summed E-state index contributed by atoms with van der Waals surface area (Å²) in [6.45, 7) is 1.63. The lowest BCUT2D eigenvalue weighted by atomic mass is 10.3. The molecule has 1 aromatic heterocycles. The van der Waals surface area contributed by atoms with Gasteiger partial charge in [0.05, 0.1) is 11.4 Å². The third-order valence-electron chi connectivity index (χ3n) is 3.17. The summed E-state index contributed by atoms with van der Waals surface area (Å²) in [6, 6.07) is 11.8. The molecule has 0 saturated heterocycles. The molecule has 0 bridgehead atoms. The maximum atomic E-state index is 12.3. The molecule has 9 heteroatoms. The molecule has 6 nitrogen and oxygen atoms in total. The number of para-hydroxylation sites is 1. The molecule has 2 rings (SSSR count). The summed E-state index contributed by atoms with van der Waals surface area (Å²) in [5, 5.41) is 0. The highest BCUT2D eigenvalue weighted by Crippen LogP contribution is 2.20. The molecule has 0 radical (unpaired) electrons. The van der Waals surface area contributed by atoms with Gasteiger partial charge in [0.15, 0.2) is 0 Å². The van der Waals surface area contributed by atoms with Crippen molar-refractivity contribution < 1.29 is 16.8 Å². The molecular formula is C14H18N2O4S3. The van der Waals surface area contributed by atoms with Gasteiger partial charge in [-0.05, 0) is 31.2 Å². The van der Waals surface area contributed by atoms with Crippen molar-refractivity contribution in [2.75, 3.05) is 23.7 Å². The first-order chi connectivity index (χ1) is 10.7. The molecule has 0 atom stereocenters. The van der Waals surface area contributed by atoms with Crippen LogP contribution in [-0.4, -0.2) is 36.2 Å². The molecule has 1 N–H and O–H groups in total. The Morgan fingerprint density at radius 1 is 1.04 bits per heavy atom. The first-order valence-electron chi connectivity index (χ1n) is 6.80. The van der Waals surface area contributed by atoms with Gasteiger partial charge in [0.1, 0.15) is 4.21 Å². The fraction of sp³-hybridized carbons (Fsp3) is 0.286. The number of sulfonamides is 2. The monoisotopic (exact) mass is 374 g/mol. The zero-order valence-corrected chi connectivity index (χ0v) is 15.2. The van der Waals surface area contributed by atoms with Crippen LogP contribution in [0.1, 0.15) is 4.88 Å². The van der Waals surface area contributed by atoms with Gasteiger partial charge in [-0.1, -0.05) is 18.2 Å². The molecule has 1 aromatic carbocycles. The quantitative estimate of drug-likeness (QED) is 0.801. The van der Waals surface area contributed by atoms with E-state index in [9.17, 15) is 16.8 Å². The molecule has 0 amide bonds. The Morgan fingerprint density at radius 3 is 2.26 bits per heavy atom. The summed E-state index contributed by atoms with van der Waals surface area (Å²) in [5.74, 6) is -0.317. The Kier molecular flexibility index (Phi) is 5.45. The molecule has 23 heavy (non-hydrogen) atoms. The van der Waals surface area contributed by atoms with E-state index in [1.54, 1.807) is 36.4 Å². The van der Waals surface area contributed by atoms with E-state index in [-0.39, 0.29) is 16.5 Å². The number of thiophene rings is 1. The van der Waals surface area contributed by atoms with Gasteiger partial charge in [0.25, 0.3) is 0 Å². The Labute approximate surface area is 140 Å². The van der Waals surface area contributed by atoms with E-state index >= 15 is 0 Å². The standard InChI is InChI=1S/C14H18N2O4S3/c1-12-8-9-14(21-12)23(19,20)15-10-11-22(17,18)16(2)13-6-4-3-5-7-13/h3-9,15H,10-11H2,1-2H3. The lowest BCUT2D eigenvalue weighted by Gasteiger charge is -2.19. The second kappa shape index (κ2) is 7.00. The normalized spacial score (nSPS) is 12.3. The number of anilines is 1. The third-order valence-corrected chi connectivity index (χ3v) is 7.89. The van der Waals surface area contributed by atoms with Crippen LogP contribution < -0.4 is 9.03 Å². The van der Waals surface area contributed by atoms with Crippen molar-refractivity contribution in [1.82, 2.24) is 4.72 Å². The van der Waals surface area contributed by atoms with Crippen LogP contribution in [0.25, 0.3) is 0 Å². The molecule has 126 valence electrons. The van der Waals surface area contributed by atoms with Gasteiger partial charge in [-0.3, -0.25) is 4.31 Å². The first kappa shape index (κ1) is 17.9. The SMILES string of the molecule is Cc1ccc(S(=O)(=O)NCCS(=O)(=O)N(C)c2ccccc2)s1. The average molecular weight is 375 g/mol. The van der Waals surface area contributed by atoms with Crippen LogP contribution >= 0.6 is 11.3 Å². The minimum atomic E-state index is -3.67. The van der Waals surface area contributed by atoms with Crippen molar-refractivity contribution in [1.29, 1.82) is 0 Å². The van der Waals surface area contributed by atoms with Crippen LogP contribution in [0.5, 0.6) is 0 Å². The summed E-state index contributed by atoms with van der Waals surface area (Å²) >= 11 is 1.15. The van der Waals surface area contributed by atoms with Crippen LogP contribution in [0.15, 0.2) is 46.7 Å². The number of aryl methyl sites for hydroxylation is 1. The van der Waals surface area contributed by atoms with Crippen LogP contribution in [-0.2, 0) is 20.0 Å². The average Bonchev–Trinajstić information content (AvgIpc) is 2.94. The van der Waals surface area contributed by atoms with Gasteiger partial charge in [0.2, 0.25) is 20.0 Å². The maximum absolute atomic E-state index is 12.3. The molecular weight excluding hydrogens is 356 g/mol. The maximum Gasteiger partial charge on any atom is 0.250 e. The first-order valence-corrected chi connectivity index (χ1v) is 10.7. The minimum Gasteiger partial charge on any atom is -0.273 e. The highest BCUT2D eigenvalue weighted by molar-refractivity contribution is 7.93. The van der Waals surface area contributed by atoms with Crippen molar-refractivity contribution in [3.8, 4) is 0 Å². The lowest BCUT2D eigenvalue weighted by molar-refractivity contribution is 0.582. The highest BCUT2D eigenvalue weighted by atomic mass is 32.2. The lowest BCUT2D eigenvalue weighted by Crippen LogP contribution is -2.35. The van der Waals surface area contributed by atoms with E-state index in [1.165, 1.54) is 13.1 Å². The number of rotatable bonds is 7. The Morgan fingerprint density at radius 2 is 1.70 bits per heavy atom. The van der Waals surface area contributed by atoms with Crippen LogP contribution in [0.2, 0.25) is 0 Å². The predicted molar refractivity (Wildman–Crippen MR) is 92.9 cm³/mol. The van der Waals surface area contributed by atoms with E-state index in [4.69, 9.17) is 0 Å². The Hall–Kier alpha value is -1.42. The Bertz CT molecular complexity index is 858. The minimum absolute atomic E-state index is 0.182. The molecule has 0 aliphatic rings. The molecule has 0 aliphatic heterocycles. The molecule has 0 saturated carbocycles. The second-order valence-electron chi connectivity index (χ2n) is 4.88. The molecule has 2 aromatic rings. The summed E-state index contributed by atoms with van der Waals surface area (Å²) in [7, 11) is -5.82. The fourth-order valence-corrected chi connectivity index (χ4v) is 5.43. The topological polar surface area (TPSA) is 83.5 Å². The summed E-state index contributed by atoms with van der Waals surface area (Å²) < 4.78 is 52.3. The predicted octanol–water partition coefficient (Wildman–Crippen LogP) is 1.80. The molecule has 1 heterocycles. The largest absolute Gasteiger partial charge is 0.273 e. The van der Waals surface area contributed by atoms with Gasteiger partial charge < -0.3 is 0 Å². The van der Waals surface area contributed by atoms with Crippen molar-refractivity contribution in [3.05, 3.63) is 47.3 Å². The zero-order chi connectivity index (χ0) is 17.1. The number of hydrogen-bond donors (Lipinski definition) is 1. The number of nitrogens with zero attached hydrogens (tertiary/aromatic N) is 1. The molecule has 0 unspecified atom stereocenters. The third kappa shape index (κ3) is 4.54. The van der Waals surface area contributed by atoms with Gasteiger partial charge in [-0.2, -0.15) is 0 Å². The van der Waals surface area contributed by atoms with E-state index in [2.05, 4.69) is 4.72 Å². The van der Waals surface area contributed by atoms with E-state index in [0.717, 1.165) is 20.5 Å². The number of benzene rings is 1. The number of hydrogen-bond acceptors (Lipinski definition) is 5. The smallest absolute Gasteiger partial charge is 0.250 e. The summed E-state index contributed by atoms with van der Waals surface area (Å²) in [4.78, 5) is 0.877. The molecule has 0 aliphatic carbocycles. The van der Waals surface area contributed by atoms with Gasteiger partial charge in [-0.15, -0.1) is 11.3 Å². The van der Waals surface area contributed by atoms with Gasteiger partial charge in [0, 0.05) is 18.5 Å². The molecule has 0 fully saturated rings. The highest BCUT2D eigenvalue weighted by Gasteiger charge is 2.21. The summed E-state index contributed by atoms with van der Waals surface area (Å²) in [5.41, 5.74) is 0.532. The fourth-order valence-electron chi connectivity index (χ4n) is 1.87. The van der Waals surface area contributed by atoms with E-state index in [0.29, 0.717) is 5.69 Å². The Balaban J connectivity index is 2.00. The molecule has 0 spiro atoms. The van der Waals surface area contributed by atoms with E-state index in [1.807, 2.05) is 6.92 Å². The van der Waals surface area contributed by atoms with E-state index < -0.39 is 20.0 Å². The van der Waals surface area contributed by atoms with Crippen molar-refractivity contribution in [2.24, 2.45) is 0 Å². The zero-order valence-electron chi connectivity index (χ0n) is 12.8. The van der Waals surface area contributed by atoms with Crippen molar-refractivity contribution >= 4 is 37.1 Å². The number of nitrogens with one attached hydrogen (secondary N) is 1. The van der Waals surface area contributed by atoms with Gasteiger partial charge in [-0.25, -0.2) is 21.6 Å².